The Balaban J connectivity index is 2.24. The Labute approximate surface area is 125 Å². The number of amides is 2. The third kappa shape index (κ3) is 2.01. The van der Waals surface area contributed by atoms with Crippen LogP contribution in [0.1, 0.15) is 23.9 Å². The zero-order valence-corrected chi connectivity index (χ0v) is 12.3. The fourth-order valence-electron chi connectivity index (χ4n) is 2.65. The molecule has 1 fully saturated rings. The van der Waals surface area contributed by atoms with E-state index in [1.165, 1.54) is 13.1 Å². The average Bonchev–Trinajstić information content (AvgIpc) is 2.91. The number of halogens is 2. The van der Waals surface area contributed by atoms with Gasteiger partial charge >= 0.3 is 0 Å². The van der Waals surface area contributed by atoms with Crippen molar-refractivity contribution in [2.24, 2.45) is 0 Å². The summed E-state index contributed by atoms with van der Waals surface area (Å²) in [5, 5.41) is 0. The maximum Gasteiger partial charge on any atom is 0.252 e. The molecule has 110 valence electrons. The van der Waals surface area contributed by atoms with Crippen molar-refractivity contribution in [3.05, 3.63) is 29.3 Å². The lowest BCUT2D eigenvalue weighted by Gasteiger charge is -2.14. The second-order valence-corrected chi connectivity index (χ2v) is 5.40. The highest BCUT2D eigenvalue weighted by atomic mass is 35.5. The first kappa shape index (κ1) is 14.0. The van der Waals surface area contributed by atoms with Crippen LogP contribution in [0.5, 0.6) is 0 Å². The van der Waals surface area contributed by atoms with Crippen LogP contribution in [-0.4, -0.2) is 33.3 Å². The number of alkyl halides is 1. The van der Waals surface area contributed by atoms with Gasteiger partial charge in [-0.2, -0.15) is 0 Å². The Morgan fingerprint density at radius 2 is 2.14 bits per heavy atom. The van der Waals surface area contributed by atoms with E-state index in [1.54, 1.807) is 17.6 Å². The van der Waals surface area contributed by atoms with Gasteiger partial charge in [0.1, 0.15) is 17.7 Å². The third-order valence-electron chi connectivity index (χ3n) is 3.83. The lowest BCUT2D eigenvalue weighted by molar-refractivity contribution is -0.137. The summed E-state index contributed by atoms with van der Waals surface area (Å²) < 4.78 is 15.3. The molecular formula is C14H13ClFN3O2. The first-order valence-electron chi connectivity index (χ1n) is 6.47. The topological polar surface area (TPSA) is 55.2 Å². The van der Waals surface area contributed by atoms with Crippen molar-refractivity contribution in [1.29, 1.82) is 0 Å². The van der Waals surface area contributed by atoms with Crippen LogP contribution < -0.4 is 0 Å². The second-order valence-electron chi connectivity index (χ2n) is 5.13. The Morgan fingerprint density at radius 1 is 1.43 bits per heavy atom. The molecule has 1 atom stereocenters. The van der Waals surface area contributed by atoms with E-state index in [0.717, 1.165) is 4.90 Å². The molecule has 0 aliphatic carbocycles. The molecule has 5 nitrogen and oxygen atoms in total. The molecule has 1 aliphatic rings. The van der Waals surface area contributed by atoms with Crippen LogP contribution in [0.25, 0.3) is 11.0 Å². The molecule has 0 bridgehead atoms. The standard InChI is InChI=1S/C14H13ClFN3O2/c1-7-3-10-9(4-8(7)16)17-12(6-15)19(10)11-5-13(20)18(2)14(11)21/h3-4,11H,5-6H2,1-2H3. The Hall–Kier alpha value is -1.95. The zero-order chi connectivity index (χ0) is 15.3. The SMILES string of the molecule is Cc1cc2c(cc1F)nc(CCl)n2C1CC(=O)N(C)C1=O. The van der Waals surface area contributed by atoms with Gasteiger partial charge in [-0.05, 0) is 18.6 Å². The number of likely N-dealkylation sites (tertiary alicyclic amines) is 1. The van der Waals surface area contributed by atoms with Crippen LogP contribution in [0.4, 0.5) is 4.39 Å². The lowest BCUT2D eigenvalue weighted by Crippen LogP contribution is -2.27. The first-order chi connectivity index (χ1) is 9.93. The van der Waals surface area contributed by atoms with E-state index in [1.807, 2.05) is 0 Å². The number of carbonyl (C=O) groups is 2. The summed E-state index contributed by atoms with van der Waals surface area (Å²) in [5.74, 6) is -0.368. The van der Waals surface area contributed by atoms with Gasteiger partial charge in [-0.25, -0.2) is 9.37 Å². The predicted molar refractivity (Wildman–Crippen MR) is 75.4 cm³/mol. The van der Waals surface area contributed by atoms with Gasteiger partial charge in [-0.15, -0.1) is 11.6 Å². The fourth-order valence-corrected chi connectivity index (χ4v) is 2.84. The Bertz CT molecular complexity index is 771. The molecule has 1 aliphatic heterocycles. The summed E-state index contributed by atoms with van der Waals surface area (Å²) in [7, 11) is 1.45. The quantitative estimate of drug-likeness (QED) is 0.631. The maximum absolute atomic E-state index is 13.7. The van der Waals surface area contributed by atoms with Crippen molar-refractivity contribution in [3.63, 3.8) is 0 Å². The molecule has 1 unspecified atom stereocenters. The number of rotatable bonds is 2. The molecule has 2 amide bonds. The number of aromatic nitrogens is 2. The summed E-state index contributed by atoms with van der Waals surface area (Å²) in [6.07, 6.45) is 0.0705. The zero-order valence-electron chi connectivity index (χ0n) is 11.6. The molecule has 0 spiro atoms. The van der Waals surface area contributed by atoms with Crippen molar-refractivity contribution in [2.75, 3.05) is 7.05 Å². The molecule has 1 saturated heterocycles. The second kappa shape index (κ2) is 4.80. The average molecular weight is 310 g/mol. The molecule has 7 heteroatoms. The van der Waals surface area contributed by atoms with Crippen LogP contribution in [0.3, 0.4) is 0 Å². The van der Waals surface area contributed by atoms with Gasteiger partial charge in [0.15, 0.2) is 0 Å². The number of hydrogen-bond donors (Lipinski definition) is 0. The highest BCUT2D eigenvalue weighted by Crippen LogP contribution is 2.31. The molecule has 2 aromatic rings. The van der Waals surface area contributed by atoms with Crippen molar-refractivity contribution < 1.29 is 14.0 Å². The number of imide groups is 1. The number of hydrogen-bond acceptors (Lipinski definition) is 3. The van der Waals surface area contributed by atoms with E-state index >= 15 is 0 Å². The Morgan fingerprint density at radius 3 is 2.71 bits per heavy atom. The molecule has 1 aromatic carbocycles. The minimum Gasteiger partial charge on any atom is -0.314 e. The molecule has 0 radical (unpaired) electrons. The monoisotopic (exact) mass is 309 g/mol. The van der Waals surface area contributed by atoms with Crippen LogP contribution in [0, 0.1) is 12.7 Å². The summed E-state index contributed by atoms with van der Waals surface area (Å²) in [6.45, 7) is 1.64. The first-order valence-corrected chi connectivity index (χ1v) is 7.00. The van der Waals surface area contributed by atoms with Crippen LogP contribution >= 0.6 is 11.6 Å². The molecule has 0 saturated carbocycles. The minimum absolute atomic E-state index is 0.0705. The summed E-state index contributed by atoms with van der Waals surface area (Å²) >= 11 is 5.90. The maximum atomic E-state index is 13.7. The number of nitrogens with zero attached hydrogens (tertiary/aromatic N) is 3. The van der Waals surface area contributed by atoms with E-state index in [9.17, 15) is 14.0 Å². The number of aryl methyl sites for hydroxylation is 1. The summed E-state index contributed by atoms with van der Waals surface area (Å²) in [4.78, 5) is 29.3. The number of likely N-dealkylation sites (N-methyl/N-ethyl adjacent to an activating group) is 1. The third-order valence-corrected chi connectivity index (χ3v) is 4.07. The molecule has 1 aromatic heterocycles. The highest BCUT2D eigenvalue weighted by Gasteiger charge is 2.39. The number of imidazole rings is 1. The van der Waals surface area contributed by atoms with E-state index in [2.05, 4.69) is 4.98 Å². The molecule has 0 N–H and O–H groups in total. The highest BCUT2D eigenvalue weighted by molar-refractivity contribution is 6.17. The smallest absolute Gasteiger partial charge is 0.252 e. The molecule has 3 rings (SSSR count). The van der Waals surface area contributed by atoms with E-state index in [0.29, 0.717) is 22.4 Å². The van der Waals surface area contributed by atoms with Gasteiger partial charge < -0.3 is 4.57 Å². The number of benzene rings is 1. The van der Waals surface area contributed by atoms with E-state index in [-0.39, 0.29) is 29.9 Å². The minimum atomic E-state index is -0.661. The van der Waals surface area contributed by atoms with E-state index < -0.39 is 6.04 Å². The van der Waals surface area contributed by atoms with Gasteiger partial charge in [0.25, 0.3) is 5.91 Å². The van der Waals surface area contributed by atoms with Gasteiger partial charge in [-0.1, -0.05) is 0 Å². The molecule has 2 heterocycles. The van der Waals surface area contributed by atoms with Crippen LogP contribution in [-0.2, 0) is 15.5 Å². The van der Waals surface area contributed by atoms with Crippen molar-refractivity contribution in [1.82, 2.24) is 14.5 Å². The summed E-state index contributed by atoms with van der Waals surface area (Å²) in [6, 6.07) is 2.29. The predicted octanol–water partition coefficient (Wildman–Crippen LogP) is 2.15. The van der Waals surface area contributed by atoms with Crippen LogP contribution in [0.15, 0.2) is 12.1 Å². The van der Waals surface area contributed by atoms with Crippen molar-refractivity contribution in [3.8, 4) is 0 Å². The number of carbonyl (C=O) groups excluding carboxylic acids is 2. The van der Waals surface area contributed by atoms with Gasteiger partial charge in [0.2, 0.25) is 5.91 Å². The fraction of sp³-hybridized carbons (Fsp3) is 0.357. The van der Waals surface area contributed by atoms with E-state index in [4.69, 9.17) is 11.6 Å². The van der Waals surface area contributed by atoms with Crippen molar-refractivity contribution >= 4 is 34.4 Å². The molecular weight excluding hydrogens is 297 g/mol. The van der Waals surface area contributed by atoms with Crippen molar-refractivity contribution in [2.45, 2.75) is 25.3 Å². The molecule has 21 heavy (non-hydrogen) atoms. The Kier molecular flexibility index (Phi) is 3.20. The largest absolute Gasteiger partial charge is 0.314 e. The van der Waals surface area contributed by atoms with Gasteiger partial charge in [-0.3, -0.25) is 14.5 Å². The number of fused-ring (bicyclic) bond motifs is 1. The van der Waals surface area contributed by atoms with Gasteiger partial charge in [0, 0.05) is 13.1 Å². The van der Waals surface area contributed by atoms with Gasteiger partial charge in [0.05, 0.1) is 23.3 Å². The normalized spacial score (nSPS) is 19.0. The lowest BCUT2D eigenvalue weighted by atomic mass is 10.2. The van der Waals surface area contributed by atoms with Crippen LogP contribution in [0.2, 0.25) is 0 Å². The summed E-state index contributed by atoms with van der Waals surface area (Å²) in [5.41, 5.74) is 1.50.